The zero-order valence-electron chi connectivity index (χ0n) is 11.5. The number of rotatable bonds is 4. The fraction of sp³-hybridized carbons (Fsp3) is 0.571. The summed E-state index contributed by atoms with van der Waals surface area (Å²) in [6.07, 6.45) is 1.16. The van der Waals surface area contributed by atoms with Gasteiger partial charge in [-0.1, -0.05) is 6.92 Å². The Morgan fingerprint density at radius 1 is 1.47 bits per heavy atom. The molecule has 0 saturated carbocycles. The monoisotopic (exact) mass is 268 g/mol. The van der Waals surface area contributed by atoms with Crippen LogP contribution in [0.25, 0.3) is 0 Å². The molecule has 0 spiro atoms. The third kappa shape index (κ3) is 3.10. The number of hydrogen-bond donors (Lipinski definition) is 1. The number of nitrogens with zero attached hydrogens (tertiary/aromatic N) is 1. The average molecular weight is 268 g/mol. The Bertz CT molecular complexity index is 440. The van der Waals surface area contributed by atoms with Crippen LogP contribution in [0.4, 0.5) is 15.8 Å². The van der Waals surface area contributed by atoms with Crippen molar-refractivity contribution in [3.63, 3.8) is 0 Å². The van der Waals surface area contributed by atoms with E-state index in [1.165, 1.54) is 6.07 Å². The van der Waals surface area contributed by atoms with Crippen molar-refractivity contribution in [3.8, 4) is 5.75 Å². The maximum atomic E-state index is 13.7. The molecule has 2 rings (SSSR count). The summed E-state index contributed by atoms with van der Waals surface area (Å²) in [5.74, 6) is -0.158. The zero-order chi connectivity index (χ0) is 13.8. The lowest BCUT2D eigenvalue weighted by molar-refractivity contribution is 0.0384. The van der Waals surface area contributed by atoms with Crippen LogP contribution in [0, 0.1) is 5.82 Å². The SMILES string of the molecule is CCOc1cc(N2CCOC(CC)C2)c(N)cc1F. The van der Waals surface area contributed by atoms with Crippen molar-refractivity contribution in [2.75, 3.05) is 36.9 Å². The van der Waals surface area contributed by atoms with Crippen LogP contribution < -0.4 is 15.4 Å². The van der Waals surface area contributed by atoms with Crippen molar-refractivity contribution in [1.29, 1.82) is 0 Å². The lowest BCUT2D eigenvalue weighted by atomic mass is 10.1. The smallest absolute Gasteiger partial charge is 0.167 e. The number of anilines is 2. The topological polar surface area (TPSA) is 47.7 Å². The molecule has 1 unspecified atom stereocenters. The van der Waals surface area contributed by atoms with Gasteiger partial charge in [-0.15, -0.1) is 0 Å². The summed E-state index contributed by atoms with van der Waals surface area (Å²) in [6, 6.07) is 3.02. The summed E-state index contributed by atoms with van der Waals surface area (Å²) >= 11 is 0. The molecule has 1 saturated heterocycles. The molecule has 1 fully saturated rings. The molecule has 0 radical (unpaired) electrons. The van der Waals surface area contributed by atoms with E-state index in [4.69, 9.17) is 15.2 Å². The van der Waals surface area contributed by atoms with E-state index in [2.05, 4.69) is 11.8 Å². The summed E-state index contributed by atoms with van der Waals surface area (Å²) in [5, 5.41) is 0. The first-order valence-electron chi connectivity index (χ1n) is 6.74. The van der Waals surface area contributed by atoms with E-state index in [9.17, 15) is 4.39 Å². The average Bonchev–Trinajstić information content (AvgIpc) is 2.42. The molecule has 5 heteroatoms. The van der Waals surface area contributed by atoms with Crippen LogP contribution in [-0.4, -0.2) is 32.4 Å². The number of benzene rings is 1. The van der Waals surface area contributed by atoms with Gasteiger partial charge in [0.25, 0.3) is 0 Å². The van der Waals surface area contributed by atoms with Crippen LogP contribution in [0.3, 0.4) is 0 Å². The van der Waals surface area contributed by atoms with Crippen LogP contribution in [0.1, 0.15) is 20.3 Å². The highest BCUT2D eigenvalue weighted by Crippen LogP contribution is 2.32. The van der Waals surface area contributed by atoms with Crippen molar-refractivity contribution in [2.24, 2.45) is 0 Å². The van der Waals surface area contributed by atoms with E-state index in [1.807, 2.05) is 6.92 Å². The van der Waals surface area contributed by atoms with E-state index < -0.39 is 5.82 Å². The largest absolute Gasteiger partial charge is 0.491 e. The third-order valence-corrected chi connectivity index (χ3v) is 3.32. The highest BCUT2D eigenvalue weighted by molar-refractivity contribution is 5.70. The van der Waals surface area contributed by atoms with Crippen LogP contribution in [0.2, 0.25) is 0 Å². The molecule has 1 atom stereocenters. The Morgan fingerprint density at radius 3 is 2.95 bits per heavy atom. The standard InChI is InChI=1S/C14H21FN2O2/c1-3-10-9-17(5-6-19-10)13-8-14(18-4-2)11(15)7-12(13)16/h7-8,10H,3-6,9,16H2,1-2H3. The molecule has 0 aliphatic carbocycles. The van der Waals surface area contributed by atoms with Crippen LogP contribution in [-0.2, 0) is 4.74 Å². The van der Waals surface area contributed by atoms with Gasteiger partial charge in [-0.3, -0.25) is 0 Å². The molecule has 1 aliphatic heterocycles. The van der Waals surface area contributed by atoms with Gasteiger partial charge in [-0.2, -0.15) is 0 Å². The van der Waals surface area contributed by atoms with Gasteiger partial charge in [0.1, 0.15) is 0 Å². The van der Waals surface area contributed by atoms with Crippen molar-refractivity contribution in [3.05, 3.63) is 17.9 Å². The highest BCUT2D eigenvalue weighted by atomic mass is 19.1. The summed E-state index contributed by atoms with van der Waals surface area (Å²) in [4.78, 5) is 2.13. The molecule has 2 N–H and O–H groups in total. The molecule has 4 nitrogen and oxygen atoms in total. The van der Waals surface area contributed by atoms with Crippen LogP contribution in [0.15, 0.2) is 12.1 Å². The Labute approximate surface area is 113 Å². The maximum absolute atomic E-state index is 13.7. The highest BCUT2D eigenvalue weighted by Gasteiger charge is 2.22. The predicted octanol–water partition coefficient (Wildman–Crippen LogP) is 2.42. The number of ether oxygens (including phenoxy) is 2. The Hall–Kier alpha value is -1.49. The minimum atomic E-state index is -0.414. The molecule has 1 aromatic rings. The zero-order valence-corrected chi connectivity index (χ0v) is 11.5. The molecule has 0 amide bonds. The summed E-state index contributed by atoms with van der Waals surface area (Å²) in [6.45, 7) is 6.56. The minimum absolute atomic E-state index is 0.203. The van der Waals surface area contributed by atoms with Gasteiger partial charge in [0.2, 0.25) is 0 Å². The first-order chi connectivity index (χ1) is 9.15. The molecule has 106 valence electrons. The normalized spacial score (nSPS) is 19.5. The van der Waals surface area contributed by atoms with Crippen molar-refractivity contribution >= 4 is 11.4 Å². The fourth-order valence-corrected chi connectivity index (χ4v) is 2.28. The second-order valence-corrected chi connectivity index (χ2v) is 4.62. The number of nitrogens with two attached hydrogens (primary N) is 1. The van der Waals surface area contributed by atoms with E-state index >= 15 is 0 Å². The third-order valence-electron chi connectivity index (χ3n) is 3.32. The quantitative estimate of drug-likeness (QED) is 0.852. The summed E-state index contributed by atoms with van der Waals surface area (Å²) in [7, 11) is 0. The van der Waals surface area contributed by atoms with E-state index in [0.717, 1.165) is 25.2 Å². The Kier molecular flexibility index (Phi) is 4.47. The molecule has 1 heterocycles. The van der Waals surface area contributed by atoms with Crippen LogP contribution >= 0.6 is 0 Å². The van der Waals surface area contributed by atoms with Gasteiger partial charge in [0.15, 0.2) is 11.6 Å². The van der Waals surface area contributed by atoms with Gasteiger partial charge in [-0.25, -0.2) is 4.39 Å². The number of morpholine rings is 1. The lowest BCUT2D eigenvalue weighted by Gasteiger charge is -2.35. The molecule has 0 aromatic heterocycles. The van der Waals surface area contributed by atoms with Gasteiger partial charge in [0.05, 0.1) is 30.7 Å². The fourth-order valence-electron chi connectivity index (χ4n) is 2.28. The summed E-state index contributed by atoms with van der Waals surface area (Å²) < 4.78 is 24.6. The number of hydrogen-bond acceptors (Lipinski definition) is 4. The predicted molar refractivity (Wildman–Crippen MR) is 74.2 cm³/mol. The number of nitrogen functional groups attached to an aromatic ring is 1. The second kappa shape index (κ2) is 6.10. The first kappa shape index (κ1) is 13.9. The van der Waals surface area contributed by atoms with Crippen LogP contribution in [0.5, 0.6) is 5.75 Å². The summed E-state index contributed by atoms with van der Waals surface area (Å²) in [5.41, 5.74) is 7.19. The van der Waals surface area contributed by atoms with Gasteiger partial charge >= 0.3 is 0 Å². The molecule has 1 aromatic carbocycles. The molecular formula is C14H21FN2O2. The Morgan fingerprint density at radius 2 is 2.26 bits per heavy atom. The lowest BCUT2D eigenvalue weighted by Crippen LogP contribution is -2.42. The first-order valence-corrected chi connectivity index (χ1v) is 6.74. The molecule has 0 bridgehead atoms. The van der Waals surface area contributed by atoms with Crippen molar-refractivity contribution in [2.45, 2.75) is 26.4 Å². The van der Waals surface area contributed by atoms with Crippen molar-refractivity contribution in [1.82, 2.24) is 0 Å². The molecule has 19 heavy (non-hydrogen) atoms. The molecule has 1 aliphatic rings. The Balaban J connectivity index is 2.25. The van der Waals surface area contributed by atoms with E-state index in [1.54, 1.807) is 6.07 Å². The van der Waals surface area contributed by atoms with Gasteiger partial charge < -0.3 is 20.1 Å². The van der Waals surface area contributed by atoms with Gasteiger partial charge in [-0.05, 0) is 13.3 Å². The van der Waals surface area contributed by atoms with E-state index in [-0.39, 0.29) is 11.9 Å². The molecular weight excluding hydrogens is 247 g/mol. The van der Waals surface area contributed by atoms with E-state index in [0.29, 0.717) is 18.9 Å². The minimum Gasteiger partial charge on any atom is -0.491 e. The van der Waals surface area contributed by atoms with Crippen molar-refractivity contribution < 1.29 is 13.9 Å². The number of halogens is 1. The van der Waals surface area contributed by atoms with Gasteiger partial charge in [0, 0.05) is 25.2 Å². The second-order valence-electron chi connectivity index (χ2n) is 4.62. The maximum Gasteiger partial charge on any atom is 0.167 e.